The van der Waals surface area contributed by atoms with Gasteiger partial charge in [-0.3, -0.25) is 23.3 Å². The summed E-state index contributed by atoms with van der Waals surface area (Å²) in [6.45, 7) is 1.17. The number of halogens is 4. The van der Waals surface area contributed by atoms with E-state index in [1.165, 1.54) is 32.5 Å². The highest BCUT2D eigenvalue weighted by Gasteiger charge is 2.40. The maximum Gasteiger partial charge on any atom is 0.433 e. The number of carbonyl (C=O) groups excluding carboxylic acids is 1. The average molecular weight is 636 g/mol. The highest BCUT2D eigenvalue weighted by molar-refractivity contribution is 7.55. The molecule has 2 saturated heterocycles. The van der Waals surface area contributed by atoms with Gasteiger partial charge >= 0.3 is 13.9 Å². The minimum atomic E-state index is -4.63. The highest BCUT2D eigenvalue weighted by Crippen LogP contribution is 2.48. The molecule has 6 rings (SSSR count). The first kappa shape index (κ1) is 30.1. The Kier molecular flexibility index (Phi) is 7.88. The van der Waals surface area contributed by atoms with Gasteiger partial charge in [0.25, 0.3) is 5.91 Å². The van der Waals surface area contributed by atoms with Crippen LogP contribution in [0.5, 0.6) is 0 Å². The maximum absolute atomic E-state index is 15.8. The van der Waals surface area contributed by atoms with E-state index >= 15 is 4.39 Å². The molecule has 4 aromatic rings. The zero-order chi connectivity index (χ0) is 31.2. The summed E-state index contributed by atoms with van der Waals surface area (Å²) in [6, 6.07) is 4.94. The number of anilines is 2. The van der Waals surface area contributed by atoms with Crippen LogP contribution in [0.2, 0.25) is 0 Å². The van der Waals surface area contributed by atoms with E-state index in [-0.39, 0.29) is 52.0 Å². The second-order valence-corrected chi connectivity index (χ2v) is 12.2. The molecular weight excluding hydrogens is 609 g/mol. The number of rotatable bonds is 8. The molecule has 3 N–H and O–H groups in total. The second kappa shape index (κ2) is 11.5. The molecular formula is C27H26F4N7O5P. The van der Waals surface area contributed by atoms with E-state index in [0.717, 1.165) is 18.3 Å². The quantitative estimate of drug-likeness (QED) is 0.178. The van der Waals surface area contributed by atoms with Gasteiger partial charge in [0.05, 0.1) is 24.8 Å². The monoisotopic (exact) mass is 635 g/mol. The molecule has 0 aliphatic carbocycles. The lowest BCUT2D eigenvalue weighted by atomic mass is 10.0. The van der Waals surface area contributed by atoms with Gasteiger partial charge in [0.1, 0.15) is 28.7 Å². The molecule has 3 aromatic heterocycles. The molecule has 1 aromatic carbocycles. The van der Waals surface area contributed by atoms with Crippen molar-refractivity contribution in [2.45, 2.75) is 24.7 Å². The van der Waals surface area contributed by atoms with Crippen molar-refractivity contribution in [1.29, 1.82) is 0 Å². The van der Waals surface area contributed by atoms with Crippen LogP contribution in [0, 0.1) is 11.7 Å². The minimum Gasteiger partial charge on any atom is -0.379 e. The lowest BCUT2D eigenvalue weighted by molar-refractivity contribution is -0.137. The number of fused-ring (bicyclic) bond motifs is 2. The van der Waals surface area contributed by atoms with Crippen LogP contribution in [-0.2, 0) is 24.5 Å². The number of imidazole rings is 1. The summed E-state index contributed by atoms with van der Waals surface area (Å²) in [5.74, 6) is -1.18. The van der Waals surface area contributed by atoms with Crippen molar-refractivity contribution in [3.63, 3.8) is 0 Å². The van der Waals surface area contributed by atoms with Crippen LogP contribution in [-0.4, -0.2) is 58.7 Å². The molecule has 2 aliphatic heterocycles. The van der Waals surface area contributed by atoms with Crippen molar-refractivity contribution in [3.05, 3.63) is 71.7 Å². The number of aromatic nitrogens is 4. The Morgan fingerprint density at radius 2 is 1.93 bits per heavy atom. The van der Waals surface area contributed by atoms with E-state index in [1.54, 1.807) is 10.6 Å². The van der Waals surface area contributed by atoms with E-state index in [4.69, 9.17) is 18.8 Å². The van der Waals surface area contributed by atoms with E-state index in [2.05, 4.69) is 25.7 Å². The molecule has 0 spiro atoms. The first-order valence-corrected chi connectivity index (χ1v) is 14.9. The highest BCUT2D eigenvalue weighted by atomic mass is 31.2. The molecule has 12 nitrogen and oxygen atoms in total. The Morgan fingerprint density at radius 3 is 2.64 bits per heavy atom. The van der Waals surface area contributed by atoms with Gasteiger partial charge in [-0.15, -0.1) is 0 Å². The predicted molar refractivity (Wildman–Crippen MR) is 149 cm³/mol. The number of benzene rings is 1. The lowest BCUT2D eigenvalue weighted by Crippen LogP contribution is -2.28. The maximum atomic E-state index is 15.8. The molecule has 5 heterocycles. The summed E-state index contributed by atoms with van der Waals surface area (Å²) in [5, 5.41) is 8.44. The van der Waals surface area contributed by atoms with Crippen LogP contribution in [0.25, 0.3) is 16.8 Å². The van der Waals surface area contributed by atoms with Gasteiger partial charge in [-0.05, 0) is 36.8 Å². The van der Waals surface area contributed by atoms with Gasteiger partial charge in [0.15, 0.2) is 5.82 Å². The second-order valence-electron chi connectivity index (χ2n) is 10.2. The van der Waals surface area contributed by atoms with Gasteiger partial charge in [0, 0.05) is 55.9 Å². The predicted octanol–water partition coefficient (Wildman–Crippen LogP) is 5.06. The summed E-state index contributed by atoms with van der Waals surface area (Å²) in [7, 11) is -1.45. The number of pyridine rings is 1. The summed E-state index contributed by atoms with van der Waals surface area (Å²) in [6.07, 6.45) is 0.101. The smallest absolute Gasteiger partial charge is 0.379 e. The van der Waals surface area contributed by atoms with Crippen molar-refractivity contribution in [2.75, 3.05) is 37.8 Å². The van der Waals surface area contributed by atoms with Crippen molar-refractivity contribution in [2.24, 2.45) is 5.92 Å². The number of amides is 1. The zero-order valence-electron chi connectivity index (χ0n) is 23.3. The molecule has 3 atom stereocenters. The number of ether oxygens (including phenoxy) is 1. The van der Waals surface area contributed by atoms with Gasteiger partial charge in [-0.25, -0.2) is 23.9 Å². The SMILES string of the molecule is COP(=O)(Nc1nccn2c([C@@H]3C[C@H]4COC[C@H]4N3)nc(-c3ccc(C(=O)Nc4cc(C(F)(F)F)ccn4)cc3F)c12)OC. The van der Waals surface area contributed by atoms with Crippen molar-refractivity contribution in [3.8, 4) is 11.3 Å². The van der Waals surface area contributed by atoms with Gasteiger partial charge in [0.2, 0.25) is 0 Å². The average Bonchev–Trinajstić information content (AvgIpc) is 3.71. The third-order valence-electron chi connectivity index (χ3n) is 7.58. The number of alkyl halides is 3. The molecule has 17 heteroatoms. The third-order valence-corrected chi connectivity index (χ3v) is 9.03. The van der Waals surface area contributed by atoms with Crippen molar-refractivity contribution < 1.29 is 40.7 Å². The van der Waals surface area contributed by atoms with Crippen LogP contribution in [0.4, 0.5) is 29.2 Å². The van der Waals surface area contributed by atoms with Gasteiger partial charge < -0.3 is 15.4 Å². The first-order chi connectivity index (χ1) is 21.0. The van der Waals surface area contributed by atoms with Crippen LogP contribution < -0.4 is 15.7 Å². The zero-order valence-corrected chi connectivity index (χ0v) is 24.2. The molecule has 0 unspecified atom stereocenters. The molecule has 2 aliphatic rings. The number of hydrogen-bond donors (Lipinski definition) is 3. The number of hydrogen-bond acceptors (Lipinski definition) is 9. The van der Waals surface area contributed by atoms with E-state index in [0.29, 0.717) is 31.5 Å². The molecule has 44 heavy (non-hydrogen) atoms. The van der Waals surface area contributed by atoms with Crippen LogP contribution >= 0.6 is 7.75 Å². The van der Waals surface area contributed by atoms with E-state index < -0.39 is 31.2 Å². The summed E-state index contributed by atoms with van der Waals surface area (Å²) >= 11 is 0. The number of nitrogens with zero attached hydrogens (tertiary/aromatic N) is 4. The van der Waals surface area contributed by atoms with E-state index in [1.807, 2.05) is 0 Å². The van der Waals surface area contributed by atoms with Crippen molar-refractivity contribution >= 4 is 30.8 Å². The minimum absolute atomic E-state index is 0.00951. The Labute approximate surface area is 247 Å². The third kappa shape index (κ3) is 5.66. The fourth-order valence-electron chi connectivity index (χ4n) is 5.41. The first-order valence-electron chi connectivity index (χ1n) is 13.3. The lowest BCUT2D eigenvalue weighted by Gasteiger charge is -2.16. The van der Waals surface area contributed by atoms with Crippen molar-refractivity contribution in [1.82, 2.24) is 24.7 Å². The number of nitrogens with one attached hydrogen (secondary N) is 3. The molecule has 0 radical (unpaired) electrons. The van der Waals surface area contributed by atoms with Crippen LogP contribution in [0.1, 0.15) is 34.2 Å². The van der Waals surface area contributed by atoms with E-state index in [9.17, 15) is 22.5 Å². The fraction of sp³-hybridized carbons (Fsp3) is 0.333. The normalized spacial score (nSPS) is 20.2. The Bertz CT molecular complexity index is 1770. The van der Waals surface area contributed by atoms with Crippen LogP contribution in [0.15, 0.2) is 48.9 Å². The molecule has 0 saturated carbocycles. The molecule has 232 valence electrons. The van der Waals surface area contributed by atoms with Gasteiger partial charge in [-0.2, -0.15) is 13.2 Å². The standard InChI is InChI=1S/C27H26F4N7O5P/c1-41-44(40,42-2)37-24-23-22(36-25(38(23)8-7-33-24)19-10-15-12-43-13-20(15)34-19)17-4-3-14(9-18(17)28)26(39)35-21-11-16(5-6-32-21)27(29,30)31/h3-9,11,15,19-20,34H,10,12-13H2,1-2H3,(H,32,35,39)(H,33,37,40)/t15-,19-,20+/m0/s1. The Balaban J connectivity index is 1.38. The fourth-order valence-corrected chi connectivity index (χ4v) is 6.16. The number of carbonyl (C=O) groups is 1. The summed E-state index contributed by atoms with van der Waals surface area (Å²) < 4.78 is 85.3. The Hall–Kier alpha value is -3.95. The largest absolute Gasteiger partial charge is 0.433 e. The molecule has 0 bridgehead atoms. The van der Waals surface area contributed by atoms with Gasteiger partial charge in [-0.1, -0.05) is 0 Å². The van der Waals surface area contributed by atoms with Crippen LogP contribution in [0.3, 0.4) is 0 Å². The summed E-state index contributed by atoms with van der Waals surface area (Å²) in [4.78, 5) is 25.7. The topological polar surface area (TPSA) is 141 Å². The molecule has 2 fully saturated rings. The summed E-state index contributed by atoms with van der Waals surface area (Å²) in [5.41, 5.74) is -0.766. The molecule has 1 amide bonds. The Morgan fingerprint density at radius 1 is 1.14 bits per heavy atom.